The number of carbonyl (C=O) groups excluding carboxylic acids is 1. The van der Waals surface area contributed by atoms with Crippen LogP contribution in [-0.2, 0) is 0 Å². The van der Waals surface area contributed by atoms with E-state index >= 15 is 0 Å². The molecule has 0 unspecified atom stereocenters. The van der Waals surface area contributed by atoms with Crippen molar-refractivity contribution in [2.75, 3.05) is 0 Å². The van der Waals surface area contributed by atoms with Crippen molar-refractivity contribution < 1.29 is 4.79 Å². The van der Waals surface area contributed by atoms with Crippen molar-refractivity contribution in [3.05, 3.63) is 33.2 Å². The molecule has 0 atom stereocenters. The second kappa shape index (κ2) is 2.88. The minimum Gasteiger partial charge on any atom is -0.352 e. The highest BCUT2D eigenvalue weighted by Gasteiger charge is 2.08. The lowest BCUT2D eigenvalue weighted by molar-refractivity contribution is 0.101. The topological polar surface area (TPSA) is 49.9 Å². The number of hydrogen-bond acceptors (Lipinski definition) is 2. The van der Waals surface area contributed by atoms with E-state index in [0.717, 1.165) is 0 Å². The van der Waals surface area contributed by atoms with E-state index in [1.165, 1.54) is 19.2 Å². The molecule has 0 amide bonds. The molecule has 11 heavy (non-hydrogen) atoms. The zero-order valence-electron chi connectivity index (χ0n) is 5.85. The molecular weight excluding hydrogens is 166 g/mol. The van der Waals surface area contributed by atoms with Crippen molar-refractivity contribution in [2.45, 2.75) is 6.92 Å². The summed E-state index contributed by atoms with van der Waals surface area (Å²) < 4.78 is 0. The summed E-state index contributed by atoms with van der Waals surface area (Å²) in [5, 5.41) is 0.102. The Morgan fingerprint density at radius 1 is 1.64 bits per heavy atom. The number of aromatic nitrogens is 1. The molecule has 1 aromatic heterocycles. The van der Waals surface area contributed by atoms with Crippen LogP contribution in [0.25, 0.3) is 0 Å². The lowest BCUT2D eigenvalue weighted by Crippen LogP contribution is -2.12. The molecule has 1 heterocycles. The molecular formula is C7H6ClNO2. The zero-order chi connectivity index (χ0) is 8.43. The average Bonchev–Trinajstić information content (AvgIpc) is 1.85. The van der Waals surface area contributed by atoms with Gasteiger partial charge in [0.15, 0.2) is 11.2 Å². The van der Waals surface area contributed by atoms with Crippen molar-refractivity contribution in [2.24, 2.45) is 0 Å². The monoisotopic (exact) mass is 171 g/mol. The molecule has 0 saturated carbocycles. The molecule has 58 valence electrons. The fourth-order valence-electron chi connectivity index (χ4n) is 0.782. The summed E-state index contributed by atoms with van der Waals surface area (Å²) in [6.45, 7) is 1.30. The van der Waals surface area contributed by atoms with Gasteiger partial charge in [0, 0.05) is 12.3 Å². The lowest BCUT2D eigenvalue weighted by Gasteiger charge is -1.95. The Bertz CT molecular complexity index is 343. The van der Waals surface area contributed by atoms with Crippen molar-refractivity contribution in [1.82, 2.24) is 4.98 Å². The lowest BCUT2D eigenvalue weighted by atomic mass is 10.2. The van der Waals surface area contributed by atoms with Gasteiger partial charge in [0.25, 0.3) is 0 Å². The van der Waals surface area contributed by atoms with Gasteiger partial charge in [-0.25, -0.2) is 0 Å². The minimum absolute atomic E-state index is 0.0224. The molecule has 0 radical (unpaired) electrons. The maximum absolute atomic E-state index is 11.0. The Balaban J connectivity index is 3.45. The fraction of sp³-hybridized carbons (Fsp3) is 0.143. The number of ketones is 1. The molecule has 0 aliphatic carbocycles. The Labute approximate surface area is 68.0 Å². The highest BCUT2D eigenvalue weighted by molar-refractivity contribution is 6.32. The molecule has 0 aliphatic rings. The number of hydrogen-bond donors (Lipinski definition) is 1. The quantitative estimate of drug-likeness (QED) is 0.511. The first-order valence-electron chi connectivity index (χ1n) is 3.01. The van der Waals surface area contributed by atoms with Gasteiger partial charge in [-0.1, -0.05) is 11.6 Å². The molecule has 0 spiro atoms. The molecule has 0 saturated heterocycles. The highest BCUT2D eigenvalue weighted by Crippen LogP contribution is 2.06. The molecule has 1 N–H and O–H groups in total. The van der Waals surface area contributed by atoms with Gasteiger partial charge in [0.1, 0.15) is 5.15 Å². The maximum atomic E-state index is 11.0. The average molecular weight is 172 g/mol. The van der Waals surface area contributed by atoms with E-state index in [-0.39, 0.29) is 21.9 Å². The second-order valence-electron chi connectivity index (χ2n) is 2.09. The first-order valence-corrected chi connectivity index (χ1v) is 3.39. The number of nitrogens with one attached hydrogen (secondary N) is 1. The fourth-order valence-corrected chi connectivity index (χ4v) is 1.07. The van der Waals surface area contributed by atoms with Crippen LogP contribution < -0.4 is 5.43 Å². The van der Waals surface area contributed by atoms with E-state index in [4.69, 9.17) is 11.6 Å². The van der Waals surface area contributed by atoms with Crippen LogP contribution in [-0.4, -0.2) is 10.8 Å². The summed E-state index contributed by atoms with van der Waals surface area (Å²) in [4.78, 5) is 24.3. The van der Waals surface area contributed by atoms with E-state index in [1.54, 1.807) is 0 Å². The third kappa shape index (κ3) is 1.49. The first-order chi connectivity index (χ1) is 5.13. The summed E-state index contributed by atoms with van der Waals surface area (Å²) >= 11 is 5.55. The van der Waals surface area contributed by atoms with Crippen LogP contribution in [0.4, 0.5) is 0 Å². The summed E-state index contributed by atoms with van der Waals surface area (Å²) in [5.74, 6) is -0.322. The van der Waals surface area contributed by atoms with Gasteiger partial charge in [-0.3, -0.25) is 9.59 Å². The van der Waals surface area contributed by atoms with E-state index < -0.39 is 0 Å². The predicted molar refractivity (Wildman–Crippen MR) is 42.1 cm³/mol. The normalized spacial score (nSPS) is 9.64. The van der Waals surface area contributed by atoms with Crippen LogP contribution in [0.1, 0.15) is 17.3 Å². The number of H-pyrrole nitrogens is 1. The Morgan fingerprint density at radius 2 is 2.27 bits per heavy atom. The van der Waals surface area contributed by atoms with E-state index in [9.17, 15) is 9.59 Å². The minimum atomic E-state index is -0.346. The van der Waals surface area contributed by atoms with Gasteiger partial charge in [-0.2, -0.15) is 0 Å². The first kappa shape index (κ1) is 8.01. The molecule has 0 fully saturated rings. The van der Waals surface area contributed by atoms with E-state index in [1.807, 2.05) is 0 Å². The standard InChI is InChI=1S/C7H6ClNO2/c1-4(10)6-5(11)2-3-9-7(6)8/h2-3H,1H3,(H,9,11). The number of rotatable bonds is 1. The van der Waals surface area contributed by atoms with Crippen molar-refractivity contribution >= 4 is 17.4 Å². The summed E-state index contributed by atoms with van der Waals surface area (Å²) in [6.07, 6.45) is 1.40. The second-order valence-corrected chi connectivity index (χ2v) is 2.47. The van der Waals surface area contributed by atoms with Crippen molar-refractivity contribution in [1.29, 1.82) is 0 Å². The SMILES string of the molecule is CC(=O)c1c(Cl)[nH]ccc1=O. The largest absolute Gasteiger partial charge is 0.352 e. The molecule has 4 heteroatoms. The van der Waals surface area contributed by atoms with Crippen LogP contribution in [0.2, 0.25) is 5.15 Å². The predicted octanol–water partition coefficient (Wildman–Crippen LogP) is 1.23. The Morgan fingerprint density at radius 3 is 2.64 bits per heavy atom. The number of halogens is 1. The number of Topliss-reactive ketones (excluding diaryl/α,β-unsaturated/α-hetero) is 1. The number of pyridine rings is 1. The molecule has 0 bridgehead atoms. The summed E-state index contributed by atoms with van der Waals surface area (Å²) in [5.41, 5.74) is -0.324. The van der Waals surface area contributed by atoms with Crippen molar-refractivity contribution in [3.63, 3.8) is 0 Å². The van der Waals surface area contributed by atoms with Gasteiger partial charge < -0.3 is 4.98 Å². The van der Waals surface area contributed by atoms with Gasteiger partial charge in [-0.05, 0) is 6.92 Å². The third-order valence-electron chi connectivity index (χ3n) is 1.26. The molecule has 3 nitrogen and oxygen atoms in total. The number of carbonyl (C=O) groups is 1. The van der Waals surface area contributed by atoms with E-state index in [2.05, 4.69) is 4.98 Å². The Hall–Kier alpha value is -1.09. The molecule has 1 aromatic rings. The van der Waals surface area contributed by atoms with Gasteiger partial charge in [0.2, 0.25) is 0 Å². The molecule has 0 aliphatic heterocycles. The van der Waals surface area contributed by atoms with Crippen LogP contribution in [0.3, 0.4) is 0 Å². The van der Waals surface area contributed by atoms with Crippen molar-refractivity contribution in [3.8, 4) is 0 Å². The smallest absolute Gasteiger partial charge is 0.193 e. The van der Waals surface area contributed by atoms with Crippen LogP contribution in [0, 0.1) is 0 Å². The van der Waals surface area contributed by atoms with Crippen LogP contribution >= 0.6 is 11.6 Å². The van der Waals surface area contributed by atoms with Gasteiger partial charge in [-0.15, -0.1) is 0 Å². The molecule has 1 rings (SSSR count). The van der Waals surface area contributed by atoms with Gasteiger partial charge in [0.05, 0.1) is 5.56 Å². The molecule has 0 aromatic carbocycles. The third-order valence-corrected chi connectivity index (χ3v) is 1.56. The van der Waals surface area contributed by atoms with Crippen LogP contribution in [0.15, 0.2) is 17.1 Å². The highest BCUT2D eigenvalue weighted by atomic mass is 35.5. The van der Waals surface area contributed by atoms with E-state index in [0.29, 0.717) is 0 Å². The summed E-state index contributed by atoms with van der Waals surface area (Å²) in [6, 6.07) is 1.27. The summed E-state index contributed by atoms with van der Waals surface area (Å²) in [7, 11) is 0. The van der Waals surface area contributed by atoms with Crippen LogP contribution in [0.5, 0.6) is 0 Å². The maximum Gasteiger partial charge on any atom is 0.193 e. The Kier molecular flexibility index (Phi) is 2.10. The number of aromatic amines is 1. The zero-order valence-corrected chi connectivity index (χ0v) is 6.61. The van der Waals surface area contributed by atoms with Gasteiger partial charge >= 0.3 is 0 Å².